The van der Waals surface area contributed by atoms with E-state index in [1.54, 1.807) is 6.07 Å². The van der Waals surface area contributed by atoms with Crippen molar-refractivity contribution in [2.45, 2.75) is 6.42 Å². The highest BCUT2D eigenvalue weighted by Gasteiger charge is 2.34. The van der Waals surface area contributed by atoms with Crippen LogP contribution in [0.1, 0.15) is 11.1 Å². The van der Waals surface area contributed by atoms with Crippen LogP contribution >= 0.6 is 11.8 Å². The van der Waals surface area contributed by atoms with Gasteiger partial charge in [0.05, 0.1) is 17.9 Å². The number of benzene rings is 3. The van der Waals surface area contributed by atoms with Crippen LogP contribution in [0.4, 0.5) is 9.18 Å². The second-order valence-corrected chi connectivity index (χ2v) is 8.79. The number of nitrogens with one attached hydrogen (secondary N) is 2. The lowest BCUT2D eigenvalue weighted by atomic mass is 10.0. The van der Waals surface area contributed by atoms with Crippen molar-refractivity contribution in [3.63, 3.8) is 0 Å². The molecule has 4 rings (SSSR count). The molecule has 35 heavy (non-hydrogen) atoms. The molecule has 9 heteroatoms. The summed E-state index contributed by atoms with van der Waals surface area (Å²) in [6.45, 7) is -0.226. The summed E-state index contributed by atoms with van der Waals surface area (Å²) in [5, 5.41) is 6.69. The molecule has 1 aliphatic heterocycles. The molecule has 0 aliphatic carbocycles. The van der Waals surface area contributed by atoms with Gasteiger partial charge >= 0.3 is 0 Å². The lowest BCUT2D eigenvalue weighted by molar-refractivity contribution is -0.126. The molecule has 1 fully saturated rings. The van der Waals surface area contributed by atoms with Crippen LogP contribution < -0.4 is 10.6 Å². The average Bonchev–Trinajstić information content (AvgIpc) is 3.12. The minimum Gasteiger partial charge on any atom is -0.353 e. The molecule has 0 unspecified atom stereocenters. The van der Waals surface area contributed by atoms with E-state index in [0.717, 1.165) is 33.0 Å². The topological polar surface area (TPSA) is 95.6 Å². The first-order valence-corrected chi connectivity index (χ1v) is 11.7. The third kappa shape index (κ3) is 5.93. The zero-order valence-electron chi connectivity index (χ0n) is 18.6. The van der Waals surface area contributed by atoms with Crippen LogP contribution in [0, 0.1) is 5.82 Å². The van der Waals surface area contributed by atoms with Gasteiger partial charge in [0.1, 0.15) is 5.82 Å². The lowest BCUT2D eigenvalue weighted by Gasteiger charge is -2.13. The third-order valence-electron chi connectivity index (χ3n) is 5.40. The molecular weight excluding hydrogens is 469 g/mol. The Labute approximate surface area is 205 Å². The molecule has 0 radical (unpaired) electrons. The normalized spacial score (nSPS) is 14.5. The monoisotopic (exact) mass is 491 g/mol. The summed E-state index contributed by atoms with van der Waals surface area (Å²) in [6.07, 6.45) is 1.48. The van der Waals surface area contributed by atoms with E-state index in [-0.39, 0.29) is 42.4 Å². The summed E-state index contributed by atoms with van der Waals surface area (Å²) in [6, 6.07) is 19.4. The maximum Gasteiger partial charge on any atom is 0.293 e. The van der Waals surface area contributed by atoms with Gasteiger partial charge in [-0.3, -0.25) is 24.1 Å². The SMILES string of the molecule is O=C(CNC(=O)Cc1cccc2ccccc12)NCCN1C(=O)S/C(=C\c2ccccc2F)C1=O. The quantitative estimate of drug-likeness (QED) is 0.471. The second kappa shape index (κ2) is 11.0. The second-order valence-electron chi connectivity index (χ2n) is 7.80. The van der Waals surface area contributed by atoms with E-state index < -0.39 is 22.9 Å². The first-order valence-electron chi connectivity index (χ1n) is 10.9. The molecule has 0 spiro atoms. The van der Waals surface area contributed by atoms with Gasteiger partial charge in [-0.05, 0) is 40.2 Å². The van der Waals surface area contributed by atoms with Crippen molar-refractivity contribution in [3.05, 3.63) is 88.6 Å². The van der Waals surface area contributed by atoms with Gasteiger partial charge in [-0.15, -0.1) is 0 Å². The summed E-state index contributed by atoms with van der Waals surface area (Å²) in [5.41, 5.74) is 1.08. The molecule has 7 nitrogen and oxygen atoms in total. The van der Waals surface area contributed by atoms with Gasteiger partial charge in [0.2, 0.25) is 11.8 Å². The Kier molecular flexibility index (Phi) is 7.57. The average molecular weight is 492 g/mol. The van der Waals surface area contributed by atoms with E-state index in [0.29, 0.717) is 0 Å². The molecule has 0 saturated carbocycles. The Hall–Kier alpha value is -3.98. The van der Waals surface area contributed by atoms with Crippen LogP contribution in [0.25, 0.3) is 16.8 Å². The summed E-state index contributed by atoms with van der Waals surface area (Å²) >= 11 is 0.722. The molecule has 2 N–H and O–H groups in total. The fraction of sp³-hybridized carbons (Fsp3) is 0.154. The number of thioether (sulfide) groups is 1. The summed E-state index contributed by atoms with van der Waals surface area (Å²) < 4.78 is 13.8. The Morgan fingerprint density at radius 1 is 0.914 bits per heavy atom. The van der Waals surface area contributed by atoms with E-state index in [9.17, 15) is 23.6 Å². The van der Waals surface area contributed by atoms with Crippen molar-refractivity contribution in [3.8, 4) is 0 Å². The summed E-state index contributed by atoms with van der Waals surface area (Å²) in [7, 11) is 0. The van der Waals surface area contributed by atoms with Gasteiger partial charge < -0.3 is 10.6 Å². The molecule has 0 atom stereocenters. The van der Waals surface area contributed by atoms with Crippen LogP contribution in [0.2, 0.25) is 0 Å². The molecule has 0 aromatic heterocycles. The zero-order valence-corrected chi connectivity index (χ0v) is 19.4. The molecule has 1 saturated heterocycles. The fourth-order valence-electron chi connectivity index (χ4n) is 3.66. The molecule has 3 aromatic rings. The van der Waals surface area contributed by atoms with E-state index in [1.165, 1.54) is 24.3 Å². The van der Waals surface area contributed by atoms with Crippen molar-refractivity contribution in [2.24, 2.45) is 0 Å². The van der Waals surface area contributed by atoms with Crippen molar-refractivity contribution in [2.75, 3.05) is 19.6 Å². The number of halogens is 1. The maximum absolute atomic E-state index is 13.8. The highest BCUT2D eigenvalue weighted by molar-refractivity contribution is 8.18. The summed E-state index contributed by atoms with van der Waals surface area (Å²) in [4.78, 5) is 50.3. The number of nitrogens with zero attached hydrogens (tertiary/aromatic N) is 1. The van der Waals surface area contributed by atoms with Crippen molar-refractivity contribution in [1.29, 1.82) is 0 Å². The number of hydrogen-bond acceptors (Lipinski definition) is 5. The van der Waals surface area contributed by atoms with E-state index >= 15 is 0 Å². The Balaban J connectivity index is 1.23. The van der Waals surface area contributed by atoms with Gasteiger partial charge in [0.25, 0.3) is 11.1 Å². The number of carbonyl (C=O) groups is 4. The largest absolute Gasteiger partial charge is 0.353 e. The fourth-order valence-corrected chi connectivity index (χ4v) is 4.51. The van der Waals surface area contributed by atoms with Crippen LogP contribution in [0.15, 0.2) is 71.6 Å². The van der Waals surface area contributed by atoms with E-state index in [1.807, 2.05) is 42.5 Å². The van der Waals surface area contributed by atoms with Crippen molar-refractivity contribution < 1.29 is 23.6 Å². The smallest absolute Gasteiger partial charge is 0.293 e. The van der Waals surface area contributed by atoms with E-state index in [4.69, 9.17) is 0 Å². The van der Waals surface area contributed by atoms with Gasteiger partial charge in [-0.1, -0.05) is 60.7 Å². The van der Waals surface area contributed by atoms with Crippen molar-refractivity contribution in [1.82, 2.24) is 15.5 Å². The molecule has 4 amide bonds. The van der Waals surface area contributed by atoms with Gasteiger partial charge in [0.15, 0.2) is 0 Å². The van der Waals surface area contributed by atoms with Crippen LogP contribution in [0.3, 0.4) is 0 Å². The van der Waals surface area contributed by atoms with Crippen molar-refractivity contribution >= 4 is 51.6 Å². The van der Waals surface area contributed by atoms with Crippen LogP contribution in [-0.4, -0.2) is 47.5 Å². The zero-order chi connectivity index (χ0) is 24.8. The van der Waals surface area contributed by atoms with Crippen LogP contribution in [-0.2, 0) is 20.8 Å². The Bertz CT molecular complexity index is 1340. The Morgan fingerprint density at radius 2 is 1.66 bits per heavy atom. The highest BCUT2D eigenvalue weighted by atomic mass is 32.2. The predicted molar refractivity (Wildman–Crippen MR) is 133 cm³/mol. The van der Waals surface area contributed by atoms with Gasteiger partial charge in [-0.2, -0.15) is 0 Å². The minimum absolute atomic E-state index is 0.0308. The Morgan fingerprint density at radius 3 is 2.49 bits per heavy atom. The number of imide groups is 1. The van der Waals surface area contributed by atoms with Gasteiger partial charge in [0, 0.05) is 18.7 Å². The maximum atomic E-state index is 13.8. The predicted octanol–water partition coefficient (Wildman–Crippen LogP) is 3.49. The third-order valence-corrected chi connectivity index (χ3v) is 6.31. The van der Waals surface area contributed by atoms with Crippen LogP contribution in [0.5, 0.6) is 0 Å². The first-order chi connectivity index (χ1) is 16.9. The molecule has 1 heterocycles. The summed E-state index contributed by atoms with van der Waals surface area (Å²) in [5.74, 6) is -1.76. The lowest BCUT2D eigenvalue weighted by Crippen LogP contribution is -2.41. The number of amides is 4. The highest BCUT2D eigenvalue weighted by Crippen LogP contribution is 2.32. The standard InChI is InChI=1S/C26H22FN3O4S/c27-21-11-4-2-7-19(21)14-22-25(33)30(26(34)35-22)13-12-28-24(32)16-29-23(31)15-18-9-5-8-17-6-1-3-10-20(17)18/h1-11,14H,12-13,15-16H2,(H,28,32)(H,29,31)/b22-14-. The molecule has 178 valence electrons. The number of fused-ring (bicyclic) bond motifs is 1. The molecule has 0 bridgehead atoms. The molecular formula is C26H22FN3O4S. The van der Waals surface area contributed by atoms with E-state index in [2.05, 4.69) is 10.6 Å². The number of hydrogen-bond donors (Lipinski definition) is 2. The van der Waals surface area contributed by atoms with Gasteiger partial charge in [-0.25, -0.2) is 4.39 Å². The number of rotatable bonds is 8. The number of carbonyl (C=O) groups excluding carboxylic acids is 4. The molecule has 3 aromatic carbocycles. The minimum atomic E-state index is -0.541. The molecule has 1 aliphatic rings. The first kappa shape index (κ1) is 24.2.